The number of fused-ring (bicyclic) bond motifs is 1. The van der Waals surface area contributed by atoms with E-state index in [4.69, 9.17) is 0 Å². The van der Waals surface area contributed by atoms with Crippen LogP contribution in [-0.4, -0.2) is 23.1 Å². The molecule has 0 aliphatic carbocycles. The SMILES string of the molecule is CCN(CC(C)C)c1cnc2[nH]cc(C)c2c1. The van der Waals surface area contributed by atoms with Crippen LogP contribution in [0.3, 0.4) is 0 Å². The highest BCUT2D eigenvalue weighted by Gasteiger charge is 2.09. The molecule has 2 heterocycles. The lowest BCUT2D eigenvalue weighted by Gasteiger charge is -2.24. The second-order valence-corrected chi connectivity index (χ2v) is 4.99. The Hall–Kier alpha value is -1.51. The second kappa shape index (κ2) is 4.78. The summed E-state index contributed by atoms with van der Waals surface area (Å²) in [6.45, 7) is 10.9. The Kier molecular flexibility index (Phi) is 3.36. The summed E-state index contributed by atoms with van der Waals surface area (Å²) in [4.78, 5) is 10.0. The molecule has 3 heteroatoms. The van der Waals surface area contributed by atoms with Crippen LogP contribution in [0.1, 0.15) is 26.3 Å². The first-order valence-corrected chi connectivity index (χ1v) is 6.30. The number of aromatic nitrogens is 2. The van der Waals surface area contributed by atoms with Gasteiger partial charge < -0.3 is 9.88 Å². The molecule has 17 heavy (non-hydrogen) atoms. The molecule has 0 aliphatic rings. The van der Waals surface area contributed by atoms with E-state index in [2.05, 4.69) is 48.6 Å². The zero-order valence-corrected chi connectivity index (χ0v) is 11.1. The van der Waals surface area contributed by atoms with Crippen molar-refractivity contribution in [3.05, 3.63) is 24.0 Å². The van der Waals surface area contributed by atoms with Crippen LogP contribution >= 0.6 is 0 Å². The van der Waals surface area contributed by atoms with Crippen LogP contribution in [0, 0.1) is 12.8 Å². The smallest absolute Gasteiger partial charge is 0.137 e. The highest BCUT2D eigenvalue weighted by molar-refractivity contribution is 5.82. The quantitative estimate of drug-likeness (QED) is 0.875. The van der Waals surface area contributed by atoms with Crippen molar-refractivity contribution in [3.8, 4) is 0 Å². The minimum Gasteiger partial charge on any atom is -0.370 e. The fourth-order valence-corrected chi connectivity index (χ4v) is 2.15. The first-order chi connectivity index (χ1) is 8.11. The third kappa shape index (κ3) is 2.43. The minimum atomic E-state index is 0.665. The molecular weight excluding hydrogens is 210 g/mol. The Morgan fingerprint density at radius 3 is 2.82 bits per heavy atom. The van der Waals surface area contributed by atoms with Crippen LogP contribution in [0.2, 0.25) is 0 Å². The van der Waals surface area contributed by atoms with Crippen molar-refractivity contribution in [1.82, 2.24) is 9.97 Å². The van der Waals surface area contributed by atoms with Crippen LogP contribution in [0.25, 0.3) is 11.0 Å². The Labute approximate surface area is 103 Å². The van der Waals surface area contributed by atoms with Crippen LogP contribution < -0.4 is 4.90 Å². The molecule has 0 unspecified atom stereocenters. The topological polar surface area (TPSA) is 31.9 Å². The van der Waals surface area contributed by atoms with Crippen LogP contribution in [0.4, 0.5) is 5.69 Å². The molecule has 0 bridgehead atoms. The van der Waals surface area contributed by atoms with Crippen molar-refractivity contribution >= 4 is 16.7 Å². The Balaban J connectivity index is 2.36. The number of nitrogens with one attached hydrogen (secondary N) is 1. The minimum absolute atomic E-state index is 0.665. The van der Waals surface area contributed by atoms with E-state index in [0.29, 0.717) is 5.92 Å². The number of rotatable bonds is 4. The van der Waals surface area contributed by atoms with Gasteiger partial charge in [0.05, 0.1) is 11.9 Å². The van der Waals surface area contributed by atoms with E-state index in [-0.39, 0.29) is 0 Å². The van der Waals surface area contributed by atoms with Crippen molar-refractivity contribution in [2.45, 2.75) is 27.7 Å². The fourth-order valence-electron chi connectivity index (χ4n) is 2.15. The summed E-state index contributed by atoms with van der Waals surface area (Å²) < 4.78 is 0. The largest absolute Gasteiger partial charge is 0.370 e. The van der Waals surface area contributed by atoms with Crippen molar-refractivity contribution in [3.63, 3.8) is 0 Å². The van der Waals surface area contributed by atoms with Crippen molar-refractivity contribution < 1.29 is 0 Å². The van der Waals surface area contributed by atoms with Gasteiger partial charge in [-0.15, -0.1) is 0 Å². The highest BCUT2D eigenvalue weighted by atomic mass is 15.1. The van der Waals surface area contributed by atoms with Gasteiger partial charge in [0.15, 0.2) is 0 Å². The van der Waals surface area contributed by atoms with Gasteiger partial charge in [0.2, 0.25) is 0 Å². The average Bonchev–Trinajstić information content (AvgIpc) is 2.67. The van der Waals surface area contributed by atoms with Gasteiger partial charge in [-0.2, -0.15) is 0 Å². The molecule has 1 N–H and O–H groups in total. The third-order valence-corrected chi connectivity index (χ3v) is 3.06. The van der Waals surface area contributed by atoms with E-state index < -0.39 is 0 Å². The summed E-state index contributed by atoms with van der Waals surface area (Å²) in [5.41, 5.74) is 3.46. The van der Waals surface area contributed by atoms with E-state index >= 15 is 0 Å². The number of anilines is 1. The normalized spacial score (nSPS) is 11.4. The predicted molar refractivity (Wildman–Crippen MR) is 73.6 cm³/mol. The second-order valence-electron chi connectivity index (χ2n) is 4.99. The number of aromatic amines is 1. The van der Waals surface area contributed by atoms with Gasteiger partial charge in [-0.1, -0.05) is 13.8 Å². The molecule has 0 aromatic carbocycles. The summed E-state index contributed by atoms with van der Waals surface area (Å²) in [7, 11) is 0. The molecule has 0 atom stereocenters. The Morgan fingerprint density at radius 1 is 1.41 bits per heavy atom. The zero-order chi connectivity index (χ0) is 12.4. The lowest BCUT2D eigenvalue weighted by molar-refractivity contribution is 0.618. The van der Waals surface area contributed by atoms with Gasteiger partial charge in [0.1, 0.15) is 5.65 Å². The number of hydrogen-bond donors (Lipinski definition) is 1. The number of H-pyrrole nitrogens is 1. The van der Waals surface area contributed by atoms with E-state index in [1.807, 2.05) is 12.4 Å². The molecule has 2 aromatic rings. The molecule has 0 amide bonds. The predicted octanol–water partition coefficient (Wildman–Crippen LogP) is 3.35. The van der Waals surface area contributed by atoms with Gasteiger partial charge in [-0.25, -0.2) is 4.98 Å². The molecule has 0 saturated heterocycles. The molecule has 92 valence electrons. The summed E-state index contributed by atoms with van der Waals surface area (Å²) in [5.74, 6) is 0.665. The van der Waals surface area contributed by atoms with Gasteiger partial charge in [-0.3, -0.25) is 0 Å². The molecule has 0 saturated carbocycles. The van der Waals surface area contributed by atoms with E-state index in [1.54, 1.807) is 0 Å². The Bertz CT molecular complexity index is 499. The summed E-state index contributed by atoms with van der Waals surface area (Å²) in [5, 5.41) is 1.23. The van der Waals surface area contributed by atoms with E-state index in [1.165, 1.54) is 16.6 Å². The standard InChI is InChI=1S/C14H21N3/c1-5-17(9-10(2)3)12-6-13-11(4)7-15-14(13)16-8-12/h6-8,10H,5,9H2,1-4H3,(H,15,16). The lowest BCUT2D eigenvalue weighted by Crippen LogP contribution is -2.27. The molecular formula is C14H21N3. The molecule has 0 fully saturated rings. The molecule has 0 aliphatic heterocycles. The monoisotopic (exact) mass is 231 g/mol. The molecule has 2 aromatic heterocycles. The van der Waals surface area contributed by atoms with Crippen molar-refractivity contribution in [2.75, 3.05) is 18.0 Å². The third-order valence-electron chi connectivity index (χ3n) is 3.06. The maximum atomic E-state index is 4.48. The van der Waals surface area contributed by atoms with Crippen LogP contribution in [0.15, 0.2) is 18.5 Å². The first kappa shape index (κ1) is 12.0. The zero-order valence-electron chi connectivity index (χ0n) is 11.1. The van der Waals surface area contributed by atoms with Gasteiger partial charge in [0.25, 0.3) is 0 Å². The van der Waals surface area contributed by atoms with E-state index in [9.17, 15) is 0 Å². The molecule has 0 spiro atoms. The maximum Gasteiger partial charge on any atom is 0.137 e. The summed E-state index contributed by atoms with van der Waals surface area (Å²) in [6.07, 6.45) is 3.98. The number of pyridine rings is 1. The molecule has 2 rings (SSSR count). The number of aryl methyl sites for hydroxylation is 1. The van der Waals surface area contributed by atoms with Crippen LogP contribution in [-0.2, 0) is 0 Å². The van der Waals surface area contributed by atoms with Crippen LogP contribution in [0.5, 0.6) is 0 Å². The molecule has 0 radical (unpaired) electrons. The number of nitrogens with zero attached hydrogens (tertiary/aromatic N) is 2. The summed E-state index contributed by atoms with van der Waals surface area (Å²) in [6, 6.07) is 2.24. The maximum absolute atomic E-state index is 4.48. The molecule has 3 nitrogen and oxygen atoms in total. The summed E-state index contributed by atoms with van der Waals surface area (Å²) >= 11 is 0. The van der Waals surface area contributed by atoms with E-state index in [0.717, 1.165) is 18.7 Å². The van der Waals surface area contributed by atoms with Gasteiger partial charge in [-0.05, 0) is 31.4 Å². The van der Waals surface area contributed by atoms with Crippen molar-refractivity contribution in [1.29, 1.82) is 0 Å². The fraction of sp³-hybridized carbons (Fsp3) is 0.500. The van der Waals surface area contributed by atoms with Gasteiger partial charge >= 0.3 is 0 Å². The highest BCUT2D eigenvalue weighted by Crippen LogP contribution is 2.22. The van der Waals surface area contributed by atoms with Gasteiger partial charge in [0, 0.05) is 24.7 Å². The Morgan fingerprint density at radius 2 is 2.18 bits per heavy atom. The van der Waals surface area contributed by atoms with Crippen molar-refractivity contribution in [2.24, 2.45) is 5.92 Å². The average molecular weight is 231 g/mol. The lowest BCUT2D eigenvalue weighted by atomic mass is 10.2. The first-order valence-electron chi connectivity index (χ1n) is 6.30. The number of hydrogen-bond acceptors (Lipinski definition) is 2.